The second-order valence-electron chi connectivity index (χ2n) is 7.34. The summed E-state index contributed by atoms with van der Waals surface area (Å²) in [7, 11) is 0. The normalized spacial score (nSPS) is 16.1. The highest BCUT2D eigenvalue weighted by molar-refractivity contribution is 5.98. The molecule has 5 rings (SSSR count). The van der Waals surface area contributed by atoms with Crippen molar-refractivity contribution < 1.29 is 22.3 Å². The lowest BCUT2D eigenvalue weighted by Crippen LogP contribution is -2.15. The van der Waals surface area contributed by atoms with E-state index in [9.17, 15) is 13.2 Å². The highest BCUT2D eigenvalue weighted by Gasteiger charge is 2.25. The first-order valence-corrected chi connectivity index (χ1v) is 9.74. The summed E-state index contributed by atoms with van der Waals surface area (Å²) in [5, 5.41) is 8.22. The molecule has 4 aromatic rings. The molecule has 1 fully saturated rings. The first-order valence-electron chi connectivity index (χ1n) is 9.74. The quantitative estimate of drug-likeness (QED) is 0.366. The van der Waals surface area contributed by atoms with E-state index in [4.69, 9.17) is 10.5 Å². The second-order valence-corrected chi connectivity index (χ2v) is 7.34. The molecular weight excluding hydrogens is 428 g/mol. The Balaban J connectivity index is 1.56. The predicted octanol–water partition coefficient (Wildman–Crippen LogP) is 3.96. The van der Waals surface area contributed by atoms with Gasteiger partial charge < -0.3 is 15.8 Å². The van der Waals surface area contributed by atoms with Gasteiger partial charge in [0.05, 0.1) is 11.4 Å². The number of nitrogens with zero attached hydrogens (tertiary/aromatic N) is 4. The minimum atomic E-state index is -1.41. The van der Waals surface area contributed by atoms with Crippen molar-refractivity contribution in [3.63, 3.8) is 0 Å². The first kappa shape index (κ1) is 20.2. The molecule has 0 bridgehead atoms. The highest BCUT2D eigenvalue weighted by atomic mass is 19.2. The van der Waals surface area contributed by atoms with Gasteiger partial charge in [-0.2, -0.15) is 9.49 Å². The van der Waals surface area contributed by atoms with Crippen LogP contribution in [0.2, 0.25) is 0 Å². The average Bonchev–Trinajstić information content (AvgIpc) is 3.40. The summed E-state index contributed by atoms with van der Waals surface area (Å²) in [6, 6.07) is 4.76. The molecule has 0 saturated carbocycles. The Kier molecular flexibility index (Phi) is 4.89. The number of benzene rings is 2. The third kappa shape index (κ3) is 3.40. The summed E-state index contributed by atoms with van der Waals surface area (Å²) in [6.45, 7) is 1.50. The molecule has 1 saturated heterocycles. The van der Waals surface area contributed by atoms with E-state index < -0.39 is 29.0 Å². The summed E-state index contributed by atoms with van der Waals surface area (Å²) in [5.41, 5.74) is 6.88. The number of fused-ring (bicyclic) bond motifs is 1. The Hall–Kier alpha value is -3.73. The largest absolute Gasteiger partial charge is 0.454 e. The fourth-order valence-electron chi connectivity index (χ4n) is 3.77. The Morgan fingerprint density at radius 1 is 1.06 bits per heavy atom. The zero-order valence-corrected chi connectivity index (χ0v) is 16.4. The number of halogens is 4. The van der Waals surface area contributed by atoms with Crippen molar-refractivity contribution in [2.75, 3.05) is 18.8 Å². The van der Waals surface area contributed by atoms with E-state index in [2.05, 4.69) is 20.4 Å². The Morgan fingerprint density at radius 3 is 2.66 bits per heavy atom. The summed E-state index contributed by atoms with van der Waals surface area (Å²) in [5.74, 6) is -5.26. The minimum absolute atomic E-state index is 0.0251. The van der Waals surface area contributed by atoms with Crippen molar-refractivity contribution in [3.8, 4) is 22.8 Å². The SMILES string of the molecule is Nc1ncnc2c1c(-c1ccc(Oc3cc(F)cc(F)c3F)cc1F)nn2C1CCNC1. The number of aromatic nitrogens is 4. The van der Waals surface area contributed by atoms with Gasteiger partial charge in [0.25, 0.3) is 0 Å². The van der Waals surface area contributed by atoms with Crippen LogP contribution in [0.15, 0.2) is 36.7 Å². The van der Waals surface area contributed by atoms with E-state index in [1.54, 1.807) is 4.68 Å². The first-order chi connectivity index (χ1) is 15.4. The number of anilines is 1. The molecule has 1 atom stereocenters. The number of nitrogens with one attached hydrogen (secondary N) is 1. The van der Waals surface area contributed by atoms with Crippen LogP contribution in [0.3, 0.4) is 0 Å². The van der Waals surface area contributed by atoms with E-state index in [-0.39, 0.29) is 28.9 Å². The van der Waals surface area contributed by atoms with Crippen LogP contribution in [0.1, 0.15) is 12.5 Å². The van der Waals surface area contributed by atoms with Crippen molar-refractivity contribution in [2.45, 2.75) is 12.5 Å². The average molecular weight is 444 g/mol. The molecule has 0 radical (unpaired) electrons. The maximum atomic E-state index is 15.1. The fraction of sp³-hybridized carbons (Fsp3) is 0.190. The topological polar surface area (TPSA) is 90.9 Å². The molecule has 2 aromatic heterocycles. The van der Waals surface area contributed by atoms with Crippen LogP contribution in [0.25, 0.3) is 22.3 Å². The van der Waals surface area contributed by atoms with Gasteiger partial charge >= 0.3 is 0 Å². The maximum absolute atomic E-state index is 15.1. The molecule has 11 heteroatoms. The summed E-state index contributed by atoms with van der Waals surface area (Å²) < 4.78 is 62.6. The molecule has 1 aliphatic heterocycles. The molecule has 164 valence electrons. The predicted molar refractivity (Wildman–Crippen MR) is 108 cm³/mol. The molecule has 2 aromatic carbocycles. The van der Waals surface area contributed by atoms with E-state index in [1.807, 2.05) is 0 Å². The van der Waals surface area contributed by atoms with Crippen molar-refractivity contribution in [3.05, 3.63) is 59.9 Å². The lowest BCUT2D eigenvalue weighted by molar-refractivity contribution is 0.406. The molecule has 1 unspecified atom stereocenters. The molecular formula is C21H16F4N6O. The molecule has 0 aliphatic carbocycles. The molecule has 3 heterocycles. The third-order valence-electron chi connectivity index (χ3n) is 5.28. The van der Waals surface area contributed by atoms with Gasteiger partial charge in [0, 0.05) is 30.3 Å². The molecule has 0 amide bonds. The lowest BCUT2D eigenvalue weighted by atomic mass is 10.1. The van der Waals surface area contributed by atoms with Crippen LogP contribution in [0.4, 0.5) is 23.4 Å². The van der Waals surface area contributed by atoms with Crippen LogP contribution >= 0.6 is 0 Å². The standard InChI is InChI=1S/C21H16F4N6O/c22-10-5-15(24)18(25)16(6-10)32-12-1-2-13(14(23)7-12)19-17-20(26)28-9-29-21(17)31(30-19)11-3-4-27-8-11/h1-2,5-7,9,11,27H,3-4,8H2,(H2,26,28,29). The van der Waals surface area contributed by atoms with Crippen molar-refractivity contribution >= 4 is 16.9 Å². The maximum Gasteiger partial charge on any atom is 0.201 e. The van der Waals surface area contributed by atoms with Gasteiger partial charge in [0.15, 0.2) is 17.2 Å². The van der Waals surface area contributed by atoms with Crippen molar-refractivity contribution in [2.24, 2.45) is 0 Å². The molecule has 0 spiro atoms. The van der Waals surface area contributed by atoms with Crippen molar-refractivity contribution in [1.29, 1.82) is 0 Å². The number of nitrogens with two attached hydrogens (primary N) is 1. The summed E-state index contributed by atoms with van der Waals surface area (Å²) in [4.78, 5) is 8.28. The summed E-state index contributed by atoms with van der Waals surface area (Å²) in [6.07, 6.45) is 2.15. The zero-order valence-electron chi connectivity index (χ0n) is 16.4. The minimum Gasteiger partial charge on any atom is -0.454 e. The lowest BCUT2D eigenvalue weighted by Gasteiger charge is -2.10. The highest BCUT2D eigenvalue weighted by Crippen LogP contribution is 2.36. The Labute approximate surface area is 178 Å². The van der Waals surface area contributed by atoms with E-state index in [1.165, 1.54) is 18.5 Å². The van der Waals surface area contributed by atoms with Gasteiger partial charge in [-0.3, -0.25) is 0 Å². The second kappa shape index (κ2) is 7.75. The molecule has 32 heavy (non-hydrogen) atoms. The van der Waals surface area contributed by atoms with Crippen LogP contribution in [0, 0.1) is 23.3 Å². The Bertz CT molecular complexity index is 1340. The van der Waals surface area contributed by atoms with Crippen molar-refractivity contribution in [1.82, 2.24) is 25.1 Å². The van der Waals surface area contributed by atoms with E-state index in [0.29, 0.717) is 29.7 Å². The number of ether oxygens (including phenoxy) is 1. The van der Waals surface area contributed by atoms with Crippen LogP contribution in [0.5, 0.6) is 11.5 Å². The summed E-state index contributed by atoms with van der Waals surface area (Å²) >= 11 is 0. The zero-order chi connectivity index (χ0) is 22.4. The Morgan fingerprint density at radius 2 is 1.91 bits per heavy atom. The smallest absolute Gasteiger partial charge is 0.201 e. The molecule has 1 aliphatic rings. The van der Waals surface area contributed by atoms with E-state index >= 15 is 4.39 Å². The van der Waals surface area contributed by atoms with Gasteiger partial charge in [-0.1, -0.05) is 0 Å². The number of hydrogen-bond donors (Lipinski definition) is 2. The fourth-order valence-corrected chi connectivity index (χ4v) is 3.77. The van der Waals surface area contributed by atoms with Crippen LogP contribution in [-0.4, -0.2) is 32.8 Å². The number of rotatable bonds is 4. The van der Waals surface area contributed by atoms with Gasteiger partial charge in [0.2, 0.25) is 5.82 Å². The van der Waals surface area contributed by atoms with Gasteiger partial charge in [-0.15, -0.1) is 0 Å². The monoisotopic (exact) mass is 444 g/mol. The molecule has 3 N–H and O–H groups in total. The molecule has 7 nitrogen and oxygen atoms in total. The number of nitrogen functional groups attached to an aromatic ring is 1. The van der Waals surface area contributed by atoms with Gasteiger partial charge in [0.1, 0.15) is 35.2 Å². The van der Waals surface area contributed by atoms with Crippen LogP contribution < -0.4 is 15.8 Å². The van der Waals surface area contributed by atoms with Crippen LogP contribution in [-0.2, 0) is 0 Å². The van der Waals surface area contributed by atoms with Gasteiger partial charge in [-0.05, 0) is 25.1 Å². The third-order valence-corrected chi connectivity index (χ3v) is 5.28. The van der Waals surface area contributed by atoms with Gasteiger partial charge in [-0.25, -0.2) is 27.8 Å². The number of hydrogen-bond acceptors (Lipinski definition) is 6. The van der Waals surface area contributed by atoms with E-state index in [0.717, 1.165) is 19.0 Å².